The molecule has 2 aromatic carbocycles. The highest BCUT2D eigenvalue weighted by Crippen LogP contribution is 2.32. The van der Waals surface area contributed by atoms with Crippen molar-refractivity contribution >= 4 is 30.5 Å². The first-order chi connectivity index (χ1) is 10.0. The van der Waals surface area contributed by atoms with Crippen molar-refractivity contribution < 1.29 is 17.9 Å². The van der Waals surface area contributed by atoms with Crippen molar-refractivity contribution in [1.29, 1.82) is 0 Å². The van der Waals surface area contributed by atoms with Gasteiger partial charge in [-0.15, -0.1) is 0 Å². The zero-order chi connectivity index (χ0) is 15.3. The standard InChI is InChI=1S/C15H17ClO4S/c1-19-10-4-5-11-20-14-8-9-15(21(16,17)18)13-7-3-2-6-12(13)14/h2-3,6-9H,4-5,10-11H2,1H3. The van der Waals surface area contributed by atoms with E-state index in [2.05, 4.69) is 0 Å². The van der Waals surface area contributed by atoms with E-state index in [-0.39, 0.29) is 4.90 Å². The van der Waals surface area contributed by atoms with Crippen molar-refractivity contribution in [2.45, 2.75) is 17.7 Å². The van der Waals surface area contributed by atoms with E-state index in [0.717, 1.165) is 18.2 Å². The summed E-state index contributed by atoms with van der Waals surface area (Å²) in [6, 6.07) is 10.3. The lowest BCUT2D eigenvalue weighted by Gasteiger charge is -2.11. The zero-order valence-electron chi connectivity index (χ0n) is 11.7. The summed E-state index contributed by atoms with van der Waals surface area (Å²) in [6.45, 7) is 1.26. The lowest BCUT2D eigenvalue weighted by molar-refractivity contribution is 0.184. The van der Waals surface area contributed by atoms with Crippen molar-refractivity contribution in [1.82, 2.24) is 0 Å². The average molecular weight is 329 g/mol. The minimum atomic E-state index is -3.78. The molecule has 0 aliphatic rings. The van der Waals surface area contributed by atoms with Gasteiger partial charge in [0.05, 0.1) is 11.5 Å². The Morgan fingerprint density at radius 3 is 2.33 bits per heavy atom. The molecule has 0 amide bonds. The van der Waals surface area contributed by atoms with Gasteiger partial charge in [0, 0.05) is 35.2 Å². The van der Waals surface area contributed by atoms with Crippen molar-refractivity contribution in [3.05, 3.63) is 36.4 Å². The summed E-state index contributed by atoms with van der Waals surface area (Å²) in [5.41, 5.74) is 0. The van der Waals surface area contributed by atoms with Crippen LogP contribution in [0.5, 0.6) is 5.75 Å². The highest BCUT2D eigenvalue weighted by atomic mass is 35.7. The molecule has 0 fully saturated rings. The second kappa shape index (κ2) is 7.11. The lowest BCUT2D eigenvalue weighted by Crippen LogP contribution is -2.01. The highest BCUT2D eigenvalue weighted by molar-refractivity contribution is 8.14. The van der Waals surface area contributed by atoms with Crippen molar-refractivity contribution in [3.8, 4) is 5.75 Å². The molecule has 21 heavy (non-hydrogen) atoms. The van der Waals surface area contributed by atoms with Crippen LogP contribution in [0.25, 0.3) is 10.8 Å². The summed E-state index contributed by atoms with van der Waals surface area (Å²) < 4.78 is 33.9. The van der Waals surface area contributed by atoms with E-state index in [4.69, 9.17) is 20.2 Å². The van der Waals surface area contributed by atoms with Crippen LogP contribution in [0.4, 0.5) is 0 Å². The maximum Gasteiger partial charge on any atom is 0.261 e. The van der Waals surface area contributed by atoms with Crippen LogP contribution >= 0.6 is 10.7 Å². The van der Waals surface area contributed by atoms with Gasteiger partial charge in [-0.25, -0.2) is 8.42 Å². The van der Waals surface area contributed by atoms with Gasteiger partial charge in [0.25, 0.3) is 9.05 Å². The summed E-state index contributed by atoms with van der Waals surface area (Å²) in [4.78, 5) is 0.103. The van der Waals surface area contributed by atoms with Crippen molar-refractivity contribution in [2.75, 3.05) is 20.3 Å². The highest BCUT2D eigenvalue weighted by Gasteiger charge is 2.16. The SMILES string of the molecule is COCCCCOc1ccc(S(=O)(=O)Cl)c2ccccc12. The number of benzene rings is 2. The van der Waals surface area contributed by atoms with E-state index in [1.54, 1.807) is 25.3 Å². The Bertz CT molecular complexity index is 713. The molecular weight excluding hydrogens is 312 g/mol. The van der Waals surface area contributed by atoms with Gasteiger partial charge in [0.2, 0.25) is 0 Å². The monoisotopic (exact) mass is 328 g/mol. The molecule has 0 radical (unpaired) electrons. The largest absolute Gasteiger partial charge is 0.493 e. The fourth-order valence-electron chi connectivity index (χ4n) is 2.11. The van der Waals surface area contributed by atoms with E-state index < -0.39 is 9.05 Å². The first-order valence-corrected chi connectivity index (χ1v) is 8.93. The number of ether oxygens (including phenoxy) is 2. The second-order valence-corrected chi connectivity index (χ2v) is 7.13. The Morgan fingerprint density at radius 2 is 1.67 bits per heavy atom. The van der Waals surface area contributed by atoms with Crippen LogP contribution in [0.15, 0.2) is 41.3 Å². The quantitative estimate of drug-likeness (QED) is 0.576. The first-order valence-electron chi connectivity index (χ1n) is 6.62. The fraction of sp³-hybridized carbons (Fsp3) is 0.333. The molecule has 4 nitrogen and oxygen atoms in total. The summed E-state index contributed by atoms with van der Waals surface area (Å²) in [6.07, 6.45) is 1.79. The maximum atomic E-state index is 11.6. The Hall–Kier alpha value is -1.30. The van der Waals surface area contributed by atoms with Crippen LogP contribution in [-0.4, -0.2) is 28.7 Å². The van der Waals surface area contributed by atoms with Gasteiger partial charge in [-0.2, -0.15) is 0 Å². The van der Waals surface area contributed by atoms with Crippen LogP contribution < -0.4 is 4.74 Å². The van der Waals surface area contributed by atoms with Crippen LogP contribution in [0.2, 0.25) is 0 Å². The molecule has 0 saturated heterocycles. The molecular formula is C15H17ClO4S. The number of methoxy groups -OCH3 is 1. The molecule has 0 aliphatic carbocycles. The molecule has 0 spiro atoms. The number of hydrogen-bond donors (Lipinski definition) is 0. The second-order valence-electron chi connectivity index (χ2n) is 4.59. The molecule has 2 aromatic rings. The Labute approximate surface area is 129 Å². The maximum absolute atomic E-state index is 11.6. The molecule has 6 heteroatoms. The summed E-state index contributed by atoms with van der Waals surface area (Å²) >= 11 is 0. The predicted octanol–water partition coefficient (Wildman–Crippen LogP) is 3.57. The normalized spacial score (nSPS) is 11.7. The number of fused-ring (bicyclic) bond motifs is 1. The van der Waals surface area contributed by atoms with Gasteiger partial charge < -0.3 is 9.47 Å². The molecule has 0 heterocycles. The van der Waals surface area contributed by atoms with Gasteiger partial charge in [0.1, 0.15) is 5.75 Å². The lowest BCUT2D eigenvalue weighted by atomic mass is 10.1. The number of rotatable bonds is 7. The average Bonchev–Trinajstić information content (AvgIpc) is 2.45. The van der Waals surface area contributed by atoms with Gasteiger partial charge in [-0.3, -0.25) is 0 Å². The third-order valence-electron chi connectivity index (χ3n) is 3.11. The predicted molar refractivity (Wildman–Crippen MR) is 83.6 cm³/mol. The van der Waals surface area contributed by atoms with Gasteiger partial charge in [-0.05, 0) is 25.0 Å². The van der Waals surface area contributed by atoms with Crippen molar-refractivity contribution in [2.24, 2.45) is 0 Å². The van der Waals surface area contributed by atoms with E-state index in [0.29, 0.717) is 24.3 Å². The molecule has 0 atom stereocenters. The number of hydrogen-bond acceptors (Lipinski definition) is 4. The minimum Gasteiger partial charge on any atom is -0.493 e. The third kappa shape index (κ3) is 4.09. The molecule has 0 unspecified atom stereocenters. The van der Waals surface area contributed by atoms with Gasteiger partial charge in [0.15, 0.2) is 0 Å². The van der Waals surface area contributed by atoms with E-state index in [1.807, 2.05) is 12.1 Å². The molecule has 0 saturated carbocycles. The number of unbranched alkanes of at least 4 members (excludes halogenated alkanes) is 1. The molecule has 0 aromatic heterocycles. The van der Waals surface area contributed by atoms with Crippen molar-refractivity contribution in [3.63, 3.8) is 0 Å². The Kier molecular flexibility index (Phi) is 5.45. The number of halogens is 1. The van der Waals surface area contributed by atoms with Crippen LogP contribution in [0.3, 0.4) is 0 Å². The molecule has 114 valence electrons. The van der Waals surface area contributed by atoms with Gasteiger partial charge in [-0.1, -0.05) is 24.3 Å². The van der Waals surface area contributed by atoms with Crippen LogP contribution in [-0.2, 0) is 13.8 Å². The van der Waals surface area contributed by atoms with Gasteiger partial charge >= 0.3 is 0 Å². The first kappa shape index (κ1) is 16.1. The molecule has 2 rings (SSSR count). The topological polar surface area (TPSA) is 52.6 Å². The summed E-state index contributed by atoms with van der Waals surface area (Å²) in [5, 5.41) is 1.31. The zero-order valence-corrected chi connectivity index (χ0v) is 13.3. The third-order valence-corrected chi connectivity index (χ3v) is 4.49. The summed E-state index contributed by atoms with van der Waals surface area (Å²) in [7, 11) is 3.36. The summed E-state index contributed by atoms with van der Waals surface area (Å²) in [5.74, 6) is 0.659. The smallest absolute Gasteiger partial charge is 0.261 e. The fourth-order valence-corrected chi connectivity index (χ4v) is 3.19. The molecule has 0 aliphatic heterocycles. The molecule has 0 bridgehead atoms. The van der Waals surface area contributed by atoms with E-state index in [9.17, 15) is 8.42 Å². The van der Waals surface area contributed by atoms with Crippen LogP contribution in [0, 0.1) is 0 Å². The van der Waals surface area contributed by atoms with E-state index in [1.165, 1.54) is 6.07 Å². The Morgan fingerprint density at radius 1 is 1.00 bits per heavy atom. The Balaban J connectivity index is 2.26. The molecule has 0 N–H and O–H groups in total. The van der Waals surface area contributed by atoms with E-state index >= 15 is 0 Å². The van der Waals surface area contributed by atoms with Crippen LogP contribution in [0.1, 0.15) is 12.8 Å². The minimum absolute atomic E-state index is 0.103.